The van der Waals surface area contributed by atoms with Crippen LogP contribution in [0.3, 0.4) is 0 Å². The van der Waals surface area contributed by atoms with Gasteiger partial charge in [0.15, 0.2) is 0 Å². The van der Waals surface area contributed by atoms with Gasteiger partial charge in [-0.05, 0) is 18.9 Å². The number of unbranched alkanes of at least 4 members (excludes halogenated alkanes) is 5. The van der Waals surface area contributed by atoms with Gasteiger partial charge in [-0.25, -0.2) is 9.59 Å². The number of nitrogens with one attached hydrogen (secondary N) is 1. The Balaban J connectivity index is 2.85. The highest BCUT2D eigenvalue weighted by molar-refractivity contribution is 6.00. The molecule has 0 spiro atoms. The van der Waals surface area contributed by atoms with Crippen LogP contribution < -0.4 is 11.1 Å². The summed E-state index contributed by atoms with van der Waals surface area (Å²) in [5.41, 5.74) is 4.71. The third kappa shape index (κ3) is 7.68. The molecule has 1 aromatic rings. The average molecular weight is 377 g/mol. The van der Waals surface area contributed by atoms with Crippen LogP contribution in [0, 0.1) is 0 Å². The summed E-state index contributed by atoms with van der Waals surface area (Å²) in [5.74, 6) is -0.630. The molecular weight excluding hydrogens is 346 g/mol. The van der Waals surface area contributed by atoms with Crippen LogP contribution >= 0.6 is 0 Å². The number of carbonyl (C=O) groups is 3. The van der Waals surface area contributed by atoms with Crippen molar-refractivity contribution in [2.75, 3.05) is 6.54 Å². The van der Waals surface area contributed by atoms with Gasteiger partial charge in [0.1, 0.15) is 5.54 Å². The van der Waals surface area contributed by atoms with E-state index in [9.17, 15) is 19.5 Å². The van der Waals surface area contributed by atoms with Gasteiger partial charge in [-0.3, -0.25) is 9.69 Å². The first kappa shape index (κ1) is 22.5. The molecule has 0 saturated carbocycles. The zero-order valence-electron chi connectivity index (χ0n) is 16.2. The second-order valence-electron chi connectivity index (χ2n) is 6.99. The van der Waals surface area contributed by atoms with Gasteiger partial charge < -0.3 is 16.2 Å². The van der Waals surface area contributed by atoms with Gasteiger partial charge in [0.05, 0.1) is 0 Å². The number of nitrogens with two attached hydrogens (primary N) is 1. The van der Waals surface area contributed by atoms with Crippen molar-refractivity contribution >= 4 is 18.0 Å². The van der Waals surface area contributed by atoms with Crippen molar-refractivity contribution < 1.29 is 19.5 Å². The number of benzene rings is 1. The molecule has 1 atom stereocenters. The molecule has 0 aliphatic heterocycles. The van der Waals surface area contributed by atoms with Crippen molar-refractivity contribution in [2.24, 2.45) is 5.73 Å². The standard InChI is InChI=1S/C20H31N3O4/c1-3-4-5-6-7-11-14-23(18(21)25)17(24)20(2,22-19(26)27)15-16-12-9-8-10-13-16/h8-10,12-13,22H,3-7,11,14-15H2,1-2H3,(H2,21,25)(H,26,27). The molecule has 0 bridgehead atoms. The minimum absolute atomic E-state index is 0.124. The summed E-state index contributed by atoms with van der Waals surface area (Å²) in [5, 5.41) is 11.5. The van der Waals surface area contributed by atoms with Crippen LogP contribution in [-0.4, -0.2) is 40.1 Å². The number of carbonyl (C=O) groups excluding carboxylic acids is 2. The molecular formula is C20H31N3O4. The molecule has 1 aromatic carbocycles. The summed E-state index contributed by atoms with van der Waals surface area (Å²) in [6.45, 7) is 3.80. The third-order valence-electron chi connectivity index (χ3n) is 4.50. The first-order valence-electron chi connectivity index (χ1n) is 9.46. The van der Waals surface area contributed by atoms with E-state index < -0.39 is 23.6 Å². The molecule has 0 fully saturated rings. The van der Waals surface area contributed by atoms with Crippen molar-refractivity contribution in [3.05, 3.63) is 35.9 Å². The Labute approximate surface area is 160 Å². The smallest absolute Gasteiger partial charge is 0.405 e. The average Bonchev–Trinajstić information content (AvgIpc) is 2.60. The molecule has 0 radical (unpaired) electrons. The highest BCUT2D eigenvalue weighted by atomic mass is 16.4. The molecule has 4 N–H and O–H groups in total. The van der Waals surface area contributed by atoms with E-state index in [1.165, 1.54) is 6.92 Å². The van der Waals surface area contributed by atoms with Crippen LogP contribution in [0.1, 0.15) is 57.9 Å². The largest absolute Gasteiger partial charge is 0.465 e. The van der Waals surface area contributed by atoms with Gasteiger partial charge in [0.2, 0.25) is 0 Å². The predicted molar refractivity (Wildman–Crippen MR) is 104 cm³/mol. The lowest BCUT2D eigenvalue weighted by Gasteiger charge is -2.33. The van der Waals surface area contributed by atoms with E-state index >= 15 is 0 Å². The Bertz CT molecular complexity index is 621. The van der Waals surface area contributed by atoms with Crippen LogP contribution in [0.15, 0.2) is 30.3 Å². The minimum Gasteiger partial charge on any atom is -0.465 e. The van der Waals surface area contributed by atoms with Crippen molar-refractivity contribution in [2.45, 2.75) is 64.3 Å². The fourth-order valence-electron chi connectivity index (χ4n) is 3.07. The Morgan fingerprint density at radius 3 is 2.22 bits per heavy atom. The fourth-order valence-corrected chi connectivity index (χ4v) is 3.07. The van der Waals surface area contributed by atoms with Crippen molar-refractivity contribution in [3.63, 3.8) is 0 Å². The minimum atomic E-state index is -1.48. The number of primary amides is 1. The number of rotatable bonds is 11. The van der Waals surface area contributed by atoms with Gasteiger partial charge in [0, 0.05) is 13.0 Å². The molecule has 0 aromatic heterocycles. The third-order valence-corrected chi connectivity index (χ3v) is 4.50. The van der Waals surface area contributed by atoms with Gasteiger partial charge in [-0.15, -0.1) is 0 Å². The molecule has 1 unspecified atom stereocenters. The number of hydrogen-bond donors (Lipinski definition) is 3. The van der Waals surface area contributed by atoms with Crippen LogP contribution in [-0.2, 0) is 11.2 Å². The number of amides is 4. The van der Waals surface area contributed by atoms with Crippen LogP contribution in [0.5, 0.6) is 0 Å². The number of urea groups is 1. The fraction of sp³-hybridized carbons (Fsp3) is 0.550. The summed E-state index contributed by atoms with van der Waals surface area (Å²) in [7, 11) is 0. The second-order valence-corrected chi connectivity index (χ2v) is 6.99. The summed E-state index contributed by atoms with van der Waals surface area (Å²) < 4.78 is 0. The lowest BCUT2D eigenvalue weighted by Crippen LogP contribution is -2.61. The van der Waals surface area contributed by atoms with Crippen LogP contribution in [0.4, 0.5) is 9.59 Å². The maximum Gasteiger partial charge on any atom is 0.405 e. The Kier molecular flexibility index (Phi) is 9.33. The van der Waals surface area contributed by atoms with Gasteiger partial charge in [0.25, 0.3) is 5.91 Å². The molecule has 4 amide bonds. The lowest BCUT2D eigenvalue weighted by atomic mass is 9.91. The zero-order chi connectivity index (χ0) is 20.3. The van der Waals surface area contributed by atoms with Crippen LogP contribution in [0.2, 0.25) is 0 Å². The Morgan fingerprint density at radius 1 is 1.07 bits per heavy atom. The maximum atomic E-state index is 13.0. The summed E-state index contributed by atoms with van der Waals surface area (Å²) in [4.78, 5) is 37.1. The zero-order valence-corrected chi connectivity index (χ0v) is 16.2. The summed E-state index contributed by atoms with van der Waals surface area (Å²) in [6, 6.07) is 8.20. The molecule has 27 heavy (non-hydrogen) atoms. The molecule has 1 rings (SSSR count). The predicted octanol–water partition coefficient (Wildman–Crippen LogP) is 3.52. The molecule has 0 aliphatic carbocycles. The first-order valence-corrected chi connectivity index (χ1v) is 9.46. The molecule has 0 saturated heterocycles. The van der Waals surface area contributed by atoms with E-state index in [-0.39, 0.29) is 13.0 Å². The number of hydrogen-bond acceptors (Lipinski definition) is 3. The molecule has 150 valence electrons. The van der Waals surface area contributed by atoms with Gasteiger partial charge in [-0.2, -0.15) is 0 Å². The van der Waals surface area contributed by atoms with Gasteiger partial charge in [-0.1, -0.05) is 69.4 Å². The molecule has 7 heteroatoms. The SMILES string of the molecule is CCCCCCCCN(C(N)=O)C(=O)C(C)(Cc1ccccc1)NC(=O)O. The van der Waals surface area contributed by atoms with E-state index in [4.69, 9.17) is 5.73 Å². The summed E-state index contributed by atoms with van der Waals surface area (Å²) in [6.07, 6.45) is 4.79. The topological polar surface area (TPSA) is 113 Å². The van der Waals surface area contributed by atoms with E-state index in [0.29, 0.717) is 6.42 Å². The van der Waals surface area contributed by atoms with E-state index in [1.807, 2.05) is 18.2 Å². The van der Waals surface area contributed by atoms with E-state index in [2.05, 4.69) is 12.2 Å². The van der Waals surface area contributed by atoms with Crippen LogP contribution in [0.25, 0.3) is 0 Å². The molecule has 7 nitrogen and oxygen atoms in total. The van der Waals surface area contributed by atoms with Crippen molar-refractivity contribution in [1.82, 2.24) is 10.2 Å². The maximum absolute atomic E-state index is 13.0. The number of imide groups is 1. The quantitative estimate of drug-likeness (QED) is 0.512. The first-order chi connectivity index (χ1) is 12.8. The lowest BCUT2D eigenvalue weighted by molar-refractivity contribution is -0.134. The van der Waals surface area contributed by atoms with E-state index in [1.54, 1.807) is 12.1 Å². The number of carboxylic acid groups (broad SMARTS) is 1. The van der Waals surface area contributed by atoms with Crippen molar-refractivity contribution in [1.29, 1.82) is 0 Å². The highest BCUT2D eigenvalue weighted by Gasteiger charge is 2.40. The molecule has 0 aliphatic rings. The highest BCUT2D eigenvalue weighted by Crippen LogP contribution is 2.18. The Hall–Kier alpha value is -2.57. The Morgan fingerprint density at radius 2 is 1.67 bits per heavy atom. The van der Waals surface area contributed by atoms with E-state index in [0.717, 1.165) is 42.6 Å². The summed E-state index contributed by atoms with van der Waals surface area (Å²) >= 11 is 0. The second kappa shape index (κ2) is 11.2. The normalized spacial score (nSPS) is 12.8. The van der Waals surface area contributed by atoms with Gasteiger partial charge >= 0.3 is 12.1 Å². The number of nitrogens with zero attached hydrogens (tertiary/aromatic N) is 1. The van der Waals surface area contributed by atoms with Crippen molar-refractivity contribution in [3.8, 4) is 0 Å². The molecule has 0 heterocycles. The monoisotopic (exact) mass is 377 g/mol.